The third-order valence-corrected chi connectivity index (χ3v) is 1.89. The molecule has 0 N–H and O–H groups in total. The molecule has 1 heterocycles. The van der Waals surface area contributed by atoms with Gasteiger partial charge in [0.15, 0.2) is 0 Å². The Kier molecular flexibility index (Phi) is 2.50. The van der Waals surface area contributed by atoms with Crippen molar-refractivity contribution in [1.82, 2.24) is 4.90 Å². The van der Waals surface area contributed by atoms with Crippen molar-refractivity contribution in [2.24, 2.45) is 5.92 Å². The monoisotopic (exact) mass is 191 g/mol. The van der Waals surface area contributed by atoms with Gasteiger partial charge >= 0.3 is 6.18 Å². The van der Waals surface area contributed by atoms with Gasteiger partial charge in [-0.15, -0.1) is 6.42 Å². The van der Waals surface area contributed by atoms with Crippen molar-refractivity contribution in [2.45, 2.75) is 12.6 Å². The van der Waals surface area contributed by atoms with Crippen LogP contribution in [0.15, 0.2) is 0 Å². The Balaban J connectivity index is 2.27. The zero-order valence-corrected chi connectivity index (χ0v) is 6.77. The lowest BCUT2D eigenvalue weighted by atomic mass is 9.96. The van der Waals surface area contributed by atoms with Crippen LogP contribution in [0.5, 0.6) is 0 Å². The Labute approximate surface area is 73.7 Å². The van der Waals surface area contributed by atoms with E-state index in [0.29, 0.717) is 0 Å². The van der Waals surface area contributed by atoms with Gasteiger partial charge < -0.3 is 4.90 Å². The van der Waals surface area contributed by atoms with Gasteiger partial charge in [-0.05, 0) is 5.92 Å². The molecule has 0 aromatic rings. The number of hydrogen-bond donors (Lipinski definition) is 0. The molecule has 0 bridgehead atoms. The number of hydrogen-bond acceptors (Lipinski definition) is 1. The van der Waals surface area contributed by atoms with Crippen LogP contribution in [0.3, 0.4) is 0 Å². The molecule has 1 aliphatic heterocycles. The van der Waals surface area contributed by atoms with E-state index in [1.54, 1.807) is 0 Å². The second-order valence-electron chi connectivity index (χ2n) is 3.04. The molecule has 72 valence electrons. The summed E-state index contributed by atoms with van der Waals surface area (Å²) in [4.78, 5) is 11.9. The van der Waals surface area contributed by atoms with Gasteiger partial charge in [0, 0.05) is 25.4 Å². The van der Waals surface area contributed by atoms with Gasteiger partial charge in [-0.1, -0.05) is 0 Å². The number of rotatable bonds is 1. The van der Waals surface area contributed by atoms with Crippen molar-refractivity contribution in [3.05, 3.63) is 0 Å². The molecule has 0 aromatic carbocycles. The Hall–Kier alpha value is -1.18. The fourth-order valence-corrected chi connectivity index (χ4v) is 1.28. The SMILES string of the molecule is C#CC(=O)N1CC(CC(F)(F)F)C1. The molecule has 0 unspecified atom stereocenters. The second-order valence-corrected chi connectivity index (χ2v) is 3.04. The molecule has 0 saturated carbocycles. The minimum Gasteiger partial charge on any atom is -0.331 e. The lowest BCUT2D eigenvalue weighted by molar-refractivity contribution is -0.161. The molecule has 1 saturated heterocycles. The number of alkyl halides is 3. The number of carbonyl (C=O) groups excluding carboxylic acids is 1. The first-order valence-electron chi connectivity index (χ1n) is 3.74. The molecule has 0 aromatic heterocycles. The number of amides is 1. The highest BCUT2D eigenvalue weighted by molar-refractivity contribution is 5.93. The summed E-state index contributed by atoms with van der Waals surface area (Å²) in [5, 5.41) is 0. The fraction of sp³-hybridized carbons (Fsp3) is 0.625. The van der Waals surface area contributed by atoms with E-state index >= 15 is 0 Å². The van der Waals surface area contributed by atoms with E-state index in [2.05, 4.69) is 0 Å². The maximum atomic E-state index is 11.8. The summed E-state index contributed by atoms with van der Waals surface area (Å²) in [7, 11) is 0. The van der Waals surface area contributed by atoms with Gasteiger partial charge in [0.1, 0.15) is 0 Å². The van der Waals surface area contributed by atoms with Gasteiger partial charge in [-0.3, -0.25) is 4.79 Å². The van der Waals surface area contributed by atoms with Crippen LogP contribution in [0.25, 0.3) is 0 Å². The van der Waals surface area contributed by atoms with Crippen LogP contribution < -0.4 is 0 Å². The topological polar surface area (TPSA) is 20.3 Å². The Morgan fingerprint density at radius 2 is 2.08 bits per heavy atom. The molecular formula is C8H8F3NO. The van der Waals surface area contributed by atoms with Gasteiger partial charge in [0.05, 0.1) is 0 Å². The quantitative estimate of drug-likeness (QED) is 0.567. The van der Waals surface area contributed by atoms with Crippen LogP contribution >= 0.6 is 0 Å². The highest BCUT2D eigenvalue weighted by atomic mass is 19.4. The van der Waals surface area contributed by atoms with Crippen LogP contribution in [0.2, 0.25) is 0 Å². The van der Waals surface area contributed by atoms with Crippen molar-refractivity contribution in [3.63, 3.8) is 0 Å². The maximum Gasteiger partial charge on any atom is 0.389 e. The molecule has 0 radical (unpaired) electrons. The van der Waals surface area contributed by atoms with Crippen LogP contribution in [0.4, 0.5) is 13.2 Å². The van der Waals surface area contributed by atoms with Crippen molar-refractivity contribution in [1.29, 1.82) is 0 Å². The maximum absolute atomic E-state index is 11.8. The van der Waals surface area contributed by atoms with Crippen molar-refractivity contribution in [3.8, 4) is 12.3 Å². The number of nitrogens with zero attached hydrogens (tertiary/aromatic N) is 1. The van der Waals surface area contributed by atoms with Crippen LogP contribution in [0, 0.1) is 18.3 Å². The number of likely N-dealkylation sites (tertiary alicyclic amines) is 1. The van der Waals surface area contributed by atoms with Gasteiger partial charge in [-0.25, -0.2) is 0 Å². The number of terminal acetylenes is 1. The second kappa shape index (κ2) is 3.29. The highest BCUT2D eigenvalue weighted by Gasteiger charge is 2.39. The van der Waals surface area contributed by atoms with E-state index in [9.17, 15) is 18.0 Å². The van der Waals surface area contributed by atoms with Crippen LogP contribution in [0.1, 0.15) is 6.42 Å². The summed E-state index contributed by atoms with van der Waals surface area (Å²) in [6.07, 6.45) is -0.183. The molecule has 2 nitrogen and oxygen atoms in total. The fourth-order valence-electron chi connectivity index (χ4n) is 1.28. The van der Waals surface area contributed by atoms with Crippen molar-refractivity contribution >= 4 is 5.91 Å². The molecule has 1 rings (SSSR count). The number of carbonyl (C=O) groups is 1. The van der Waals surface area contributed by atoms with Crippen LogP contribution in [-0.4, -0.2) is 30.1 Å². The first-order valence-corrected chi connectivity index (χ1v) is 3.74. The average Bonchev–Trinajstić information content (AvgIpc) is 1.92. The molecule has 1 amide bonds. The summed E-state index contributed by atoms with van der Waals surface area (Å²) < 4.78 is 35.4. The number of halogens is 3. The third kappa shape index (κ3) is 2.65. The Morgan fingerprint density at radius 3 is 2.46 bits per heavy atom. The molecule has 13 heavy (non-hydrogen) atoms. The average molecular weight is 191 g/mol. The molecule has 5 heteroatoms. The minimum absolute atomic E-state index is 0.128. The predicted octanol–water partition coefficient (Wildman–Crippen LogP) is 1.03. The lowest BCUT2D eigenvalue weighted by Crippen LogP contribution is -2.50. The van der Waals surface area contributed by atoms with Crippen molar-refractivity contribution in [2.75, 3.05) is 13.1 Å². The van der Waals surface area contributed by atoms with E-state index in [1.165, 1.54) is 4.90 Å². The van der Waals surface area contributed by atoms with E-state index < -0.39 is 24.4 Å². The van der Waals surface area contributed by atoms with Gasteiger partial charge in [0.25, 0.3) is 5.91 Å². The molecule has 0 aliphatic carbocycles. The van der Waals surface area contributed by atoms with Gasteiger partial charge in [-0.2, -0.15) is 13.2 Å². The molecule has 0 atom stereocenters. The minimum atomic E-state index is -4.14. The Bertz CT molecular complexity index is 247. The standard InChI is InChI=1S/C8H8F3NO/c1-2-7(13)12-4-6(5-12)3-8(9,10)11/h1,6H,3-5H2. The molecule has 0 spiro atoms. The van der Waals surface area contributed by atoms with E-state index in [0.717, 1.165) is 0 Å². The summed E-state index contributed by atoms with van der Waals surface area (Å²) in [5.74, 6) is 0.852. The van der Waals surface area contributed by atoms with E-state index in [1.807, 2.05) is 5.92 Å². The lowest BCUT2D eigenvalue weighted by Gasteiger charge is -2.38. The summed E-state index contributed by atoms with van der Waals surface area (Å²) in [6, 6.07) is 0. The van der Waals surface area contributed by atoms with E-state index in [4.69, 9.17) is 6.42 Å². The van der Waals surface area contributed by atoms with E-state index in [-0.39, 0.29) is 13.1 Å². The normalized spacial score (nSPS) is 17.8. The van der Waals surface area contributed by atoms with Crippen molar-refractivity contribution < 1.29 is 18.0 Å². The molecule has 1 fully saturated rings. The zero-order chi connectivity index (χ0) is 10.1. The molecule has 1 aliphatic rings. The smallest absolute Gasteiger partial charge is 0.331 e. The summed E-state index contributed by atoms with van der Waals surface area (Å²) in [5.41, 5.74) is 0. The summed E-state index contributed by atoms with van der Waals surface area (Å²) >= 11 is 0. The molecular weight excluding hydrogens is 183 g/mol. The third-order valence-electron chi connectivity index (χ3n) is 1.89. The largest absolute Gasteiger partial charge is 0.389 e. The predicted molar refractivity (Wildman–Crippen MR) is 39.6 cm³/mol. The first-order chi connectivity index (χ1) is 5.92. The van der Waals surface area contributed by atoms with Gasteiger partial charge in [0.2, 0.25) is 0 Å². The highest BCUT2D eigenvalue weighted by Crippen LogP contribution is 2.30. The van der Waals surface area contributed by atoms with Crippen LogP contribution in [-0.2, 0) is 4.79 Å². The zero-order valence-electron chi connectivity index (χ0n) is 6.77. The first kappa shape index (κ1) is 9.90. The Morgan fingerprint density at radius 1 is 1.54 bits per heavy atom. The summed E-state index contributed by atoms with van der Waals surface area (Å²) in [6.45, 7) is 0.255.